The number of rotatable bonds is 3. The van der Waals surface area contributed by atoms with Crippen LogP contribution in [0.2, 0.25) is 0 Å². The molecule has 0 radical (unpaired) electrons. The highest BCUT2D eigenvalue weighted by atomic mass is 16.5. The lowest BCUT2D eigenvalue weighted by Crippen LogP contribution is -2.55. The van der Waals surface area contributed by atoms with Crippen molar-refractivity contribution in [3.05, 3.63) is 65.7 Å². The molecule has 1 unspecified atom stereocenters. The largest absolute Gasteiger partial charge is 0.363 e. The summed E-state index contributed by atoms with van der Waals surface area (Å²) in [5.41, 5.74) is 3.51. The van der Waals surface area contributed by atoms with Gasteiger partial charge in [-0.1, -0.05) is 42.5 Å². The fourth-order valence-corrected chi connectivity index (χ4v) is 4.27. The molecule has 142 valence electrons. The number of aryl methyl sites for hydroxylation is 1. The smallest absolute Gasteiger partial charge is 0.253 e. The van der Waals surface area contributed by atoms with Gasteiger partial charge < -0.3 is 9.64 Å². The van der Waals surface area contributed by atoms with Gasteiger partial charge >= 0.3 is 0 Å². The van der Waals surface area contributed by atoms with Gasteiger partial charge in [0.1, 0.15) is 6.61 Å². The second kappa shape index (κ2) is 7.83. The monoisotopic (exact) mass is 364 g/mol. The molecule has 2 heterocycles. The van der Waals surface area contributed by atoms with E-state index in [0.29, 0.717) is 6.54 Å². The number of likely N-dealkylation sites (tertiary alicyclic amines) is 1. The van der Waals surface area contributed by atoms with E-state index in [-0.39, 0.29) is 18.1 Å². The van der Waals surface area contributed by atoms with Crippen LogP contribution in [-0.2, 0) is 16.1 Å². The number of para-hydroxylation sites is 1. The number of carbonyl (C=O) groups excluding carboxylic acids is 1. The van der Waals surface area contributed by atoms with E-state index < -0.39 is 0 Å². The molecular formula is C23H28N2O2. The summed E-state index contributed by atoms with van der Waals surface area (Å²) in [5, 5.41) is 0. The van der Waals surface area contributed by atoms with Crippen molar-refractivity contribution in [3.63, 3.8) is 0 Å². The van der Waals surface area contributed by atoms with Crippen molar-refractivity contribution >= 4 is 11.6 Å². The molecule has 4 heteroatoms. The number of morpholine rings is 1. The molecule has 2 aromatic carbocycles. The topological polar surface area (TPSA) is 32.8 Å². The van der Waals surface area contributed by atoms with Crippen molar-refractivity contribution in [1.82, 2.24) is 4.90 Å². The Morgan fingerprint density at radius 2 is 1.78 bits per heavy atom. The molecule has 0 aromatic heterocycles. The van der Waals surface area contributed by atoms with Crippen molar-refractivity contribution in [2.24, 2.45) is 0 Å². The Bertz CT molecular complexity index is 792. The summed E-state index contributed by atoms with van der Waals surface area (Å²) in [6.07, 6.45) is 3.08. The lowest BCUT2D eigenvalue weighted by atomic mass is 9.92. The lowest BCUT2D eigenvalue weighted by Gasteiger charge is -2.42. The first-order valence-electron chi connectivity index (χ1n) is 9.91. The van der Waals surface area contributed by atoms with Gasteiger partial charge in [0, 0.05) is 18.8 Å². The average molecular weight is 364 g/mol. The molecule has 1 amide bonds. The molecular weight excluding hydrogens is 336 g/mol. The molecule has 2 aliphatic rings. The number of carbonyl (C=O) groups is 1. The minimum atomic E-state index is -0.218. The first-order valence-corrected chi connectivity index (χ1v) is 9.91. The number of amides is 1. The number of benzene rings is 2. The van der Waals surface area contributed by atoms with Gasteiger partial charge in [0.25, 0.3) is 5.91 Å². The minimum absolute atomic E-state index is 0.0628. The molecule has 2 aromatic rings. The number of anilines is 1. The van der Waals surface area contributed by atoms with Crippen LogP contribution in [0.5, 0.6) is 0 Å². The van der Waals surface area contributed by atoms with Crippen LogP contribution in [0.3, 0.4) is 0 Å². The zero-order valence-electron chi connectivity index (χ0n) is 16.1. The maximum absolute atomic E-state index is 12.4. The van der Waals surface area contributed by atoms with Crippen molar-refractivity contribution < 1.29 is 9.53 Å². The van der Waals surface area contributed by atoms with Crippen LogP contribution in [0.4, 0.5) is 5.69 Å². The molecule has 0 bridgehead atoms. The first kappa shape index (κ1) is 18.2. The Morgan fingerprint density at radius 3 is 2.59 bits per heavy atom. The van der Waals surface area contributed by atoms with Gasteiger partial charge in [-0.2, -0.15) is 0 Å². The maximum atomic E-state index is 12.4. The molecule has 2 saturated heterocycles. The van der Waals surface area contributed by atoms with Crippen LogP contribution < -0.4 is 4.90 Å². The van der Waals surface area contributed by atoms with E-state index in [1.165, 1.54) is 11.1 Å². The molecule has 1 spiro atoms. The Hall–Kier alpha value is -2.17. The van der Waals surface area contributed by atoms with Crippen LogP contribution in [0, 0.1) is 6.92 Å². The number of hydrogen-bond donors (Lipinski definition) is 0. The summed E-state index contributed by atoms with van der Waals surface area (Å²) in [6.45, 7) is 6.11. The van der Waals surface area contributed by atoms with Gasteiger partial charge in [-0.3, -0.25) is 9.69 Å². The first-order chi connectivity index (χ1) is 13.2. The van der Waals surface area contributed by atoms with E-state index >= 15 is 0 Å². The summed E-state index contributed by atoms with van der Waals surface area (Å²) >= 11 is 0. The third-order valence-corrected chi connectivity index (χ3v) is 5.96. The van der Waals surface area contributed by atoms with Crippen LogP contribution in [0.25, 0.3) is 0 Å². The second-order valence-electron chi connectivity index (χ2n) is 7.84. The van der Waals surface area contributed by atoms with Gasteiger partial charge in [-0.25, -0.2) is 0 Å². The number of hydrogen-bond acceptors (Lipinski definition) is 3. The van der Waals surface area contributed by atoms with E-state index in [2.05, 4.69) is 36.1 Å². The van der Waals surface area contributed by atoms with Crippen LogP contribution in [-0.4, -0.2) is 42.6 Å². The molecule has 27 heavy (non-hydrogen) atoms. The second-order valence-corrected chi connectivity index (χ2v) is 7.84. The van der Waals surface area contributed by atoms with Gasteiger partial charge in [-0.05, 0) is 56.0 Å². The highest BCUT2D eigenvalue weighted by Crippen LogP contribution is 2.33. The van der Waals surface area contributed by atoms with Gasteiger partial charge in [0.05, 0.1) is 12.1 Å². The van der Waals surface area contributed by atoms with Crippen LogP contribution in [0.1, 0.15) is 30.4 Å². The summed E-state index contributed by atoms with van der Waals surface area (Å²) in [6, 6.07) is 18.6. The van der Waals surface area contributed by atoms with Gasteiger partial charge in [0.2, 0.25) is 0 Å². The number of ether oxygens (including phenoxy) is 1. The van der Waals surface area contributed by atoms with E-state index in [4.69, 9.17) is 4.74 Å². The molecule has 4 nitrogen and oxygen atoms in total. The lowest BCUT2D eigenvalue weighted by molar-refractivity contribution is -0.140. The third-order valence-electron chi connectivity index (χ3n) is 5.96. The van der Waals surface area contributed by atoms with E-state index in [9.17, 15) is 4.79 Å². The number of nitrogens with zero attached hydrogens (tertiary/aromatic N) is 2. The normalized spacial score (nSPS) is 24.2. The SMILES string of the molecule is Cc1ccccc1CN1CCCC2(CC1)CN(c1ccccc1)C(=O)CO2. The standard InChI is InChI=1S/C23H28N2O2/c1-19-8-5-6-9-20(19)16-24-14-7-12-23(13-15-24)18-25(22(26)17-27-23)21-10-3-2-4-11-21/h2-6,8-11H,7,12-18H2,1H3. The summed E-state index contributed by atoms with van der Waals surface area (Å²) < 4.78 is 6.15. The quantitative estimate of drug-likeness (QED) is 0.831. The third kappa shape index (κ3) is 4.07. The average Bonchev–Trinajstić information content (AvgIpc) is 2.89. The zero-order chi connectivity index (χ0) is 18.7. The Morgan fingerprint density at radius 1 is 1.00 bits per heavy atom. The van der Waals surface area contributed by atoms with E-state index in [1.54, 1.807) is 0 Å². The van der Waals surface area contributed by atoms with E-state index in [0.717, 1.165) is 44.6 Å². The summed E-state index contributed by atoms with van der Waals surface area (Å²) in [5.74, 6) is 0.0628. The minimum Gasteiger partial charge on any atom is -0.363 e. The highest BCUT2D eigenvalue weighted by molar-refractivity contribution is 5.95. The zero-order valence-corrected chi connectivity index (χ0v) is 16.1. The van der Waals surface area contributed by atoms with Gasteiger partial charge in [0.15, 0.2) is 0 Å². The Balaban J connectivity index is 1.45. The fourth-order valence-electron chi connectivity index (χ4n) is 4.27. The summed E-state index contributed by atoms with van der Waals surface area (Å²) in [4.78, 5) is 16.9. The molecule has 0 aliphatic carbocycles. The van der Waals surface area contributed by atoms with Crippen molar-refractivity contribution in [2.75, 3.05) is 31.1 Å². The van der Waals surface area contributed by atoms with Crippen molar-refractivity contribution in [3.8, 4) is 0 Å². The molecule has 0 saturated carbocycles. The molecule has 2 fully saturated rings. The summed E-state index contributed by atoms with van der Waals surface area (Å²) in [7, 11) is 0. The van der Waals surface area contributed by atoms with Crippen LogP contribution >= 0.6 is 0 Å². The van der Waals surface area contributed by atoms with Gasteiger partial charge in [-0.15, -0.1) is 0 Å². The molecule has 1 atom stereocenters. The molecule has 0 N–H and O–H groups in total. The Kier molecular flexibility index (Phi) is 5.28. The van der Waals surface area contributed by atoms with Crippen molar-refractivity contribution in [1.29, 1.82) is 0 Å². The molecule has 2 aliphatic heterocycles. The highest BCUT2D eigenvalue weighted by Gasteiger charge is 2.41. The predicted molar refractivity (Wildman–Crippen MR) is 108 cm³/mol. The maximum Gasteiger partial charge on any atom is 0.253 e. The molecule has 4 rings (SSSR count). The van der Waals surface area contributed by atoms with Crippen LogP contribution in [0.15, 0.2) is 54.6 Å². The fraction of sp³-hybridized carbons (Fsp3) is 0.435. The predicted octanol–water partition coefficient (Wildman–Crippen LogP) is 3.78. The Labute approximate surface area is 161 Å². The van der Waals surface area contributed by atoms with Crippen molar-refractivity contribution in [2.45, 2.75) is 38.3 Å². The van der Waals surface area contributed by atoms with E-state index in [1.807, 2.05) is 35.2 Å².